The van der Waals surface area contributed by atoms with Crippen LogP contribution in [0.1, 0.15) is 43.2 Å². The van der Waals surface area contributed by atoms with Gasteiger partial charge in [-0.05, 0) is 57.0 Å². The average molecular weight is 348 g/mol. The maximum absolute atomic E-state index is 12.5. The van der Waals surface area contributed by atoms with Crippen LogP contribution in [0.15, 0.2) is 42.1 Å². The van der Waals surface area contributed by atoms with Crippen LogP contribution in [0.4, 0.5) is 5.69 Å². The maximum atomic E-state index is 12.5. The molecule has 1 aliphatic rings. The number of anilines is 1. The quantitative estimate of drug-likeness (QED) is 0.834. The van der Waals surface area contributed by atoms with Crippen LogP contribution in [-0.2, 0) is 10.2 Å². The molecule has 3 rings (SSSR count). The minimum atomic E-state index is -0.538. The minimum absolute atomic E-state index is 0.0650. The van der Waals surface area contributed by atoms with Crippen LogP contribution in [0.3, 0.4) is 0 Å². The monoisotopic (exact) mass is 348 g/mol. The van der Waals surface area contributed by atoms with Gasteiger partial charge in [-0.15, -0.1) is 0 Å². The lowest BCUT2D eigenvalue weighted by atomic mass is 9.85. The highest BCUT2D eigenvalue weighted by Gasteiger charge is 2.42. The van der Waals surface area contributed by atoms with E-state index in [4.69, 9.17) is 11.1 Å². The molecule has 0 bridgehead atoms. The number of likely N-dealkylation sites (N-methyl/N-ethyl adjacent to an activating group) is 1. The van der Waals surface area contributed by atoms with Crippen molar-refractivity contribution in [3.8, 4) is 0 Å². The van der Waals surface area contributed by atoms with Crippen molar-refractivity contribution in [1.82, 2.24) is 4.98 Å². The number of pyridine rings is 1. The molecule has 1 amide bonds. The van der Waals surface area contributed by atoms with E-state index in [0.29, 0.717) is 17.0 Å². The van der Waals surface area contributed by atoms with E-state index in [1.54, 1.807) is 18.1 Å². The van der Waals surface area contributed by atoms with Gasteiger partial charge in [-0.1, -0.05) is 12.1 Å². The van der Waals surface area contributed by atoms with Gasteiger partial charge in [-0.25, -0.2) is 0 Å². The third-order valence-corrected chi connectivity index (χ3v) is 5.15. The summed E-state index contributed by atoms with van der Waals surface area (Å²) in [6.45, 7) is 7.61. The number of carbonyl (C=O) groups excluding carboxylic acids is 1. The highest BCUT2D eigenvalue weighted by atomic mass is 16.2. The van der Waals surface area contributed by atoms with Crippen molar-refractivity contribution in [3.05, 3.63) is 64.5 Å². The maximum Gasteiger partial charge on any atom is 0.236 e. The summed E-state index contributed by atoms with van der Waals surface area (Å²) in [5.41, 5.74) is 11.7. The summed E-state index contributed by atoms with van der Waals surface area (Å²) < 4.78 is 0. The molecule has 0 spiro atoms. The van der Waals surface area contributed by atoms with Crippen molar-refractivity contribution in [2.24, 2.45) is 5.73 Å². The number of nitrogens with zero attached hydrogens (tertiary/aromatic N) is 2. The van der Waals surface area contributed by atoms with Crippen molar-refractivity contribution in [1.29, 1.82) is 5.41 Å². The van der Waals surface area contributed by atoms with Gasteiger partial charge >= 0.3 is 0 Å². The Morgan fingerprint density at radius 2 is 1.88 bits per heavy atom. The number of hydrogen-bond acceptors (Lipinski definition) is 4. The largest absolute Gasteiger partial charge is 0.398 e. The number of hydrogen-bond donors (Lipinski definition) is 2. The first kappa shape index (κ1) is 17.9. The summed E-state index contributed by atoms with van der Waals surface area (Å²) in [7, 11) is 1.78. The Kier molecular flexibility index (Phi) is 4.18. The van der Waals surface area contributed by atoms with Gasteiger partial charge < -0.3 is 10.6 Å². The molecule has 0 atom stereocenters. The van der Waals surface area contributed by atoms with Gasteiger partial charge in [-0.2, -0.15) is 0 Å². The fraction of sp³-hybridized carbons (Fsp3) is 0.286. The number of carbonyl (C=O) groups is 1. The lowest BCUT2D eigenvalue weighted by Gasteiger charge is -2.16. The Bertz CT molecular complexity index is 956. The fourth-order valence-corrected chi connectivity index (χ4v) is 3.42. The number of amides is 1. The van der Waals surface area contributed by atoms with Crippen LogP contribution in [-0.4, -0.2) is 23.7 Å². The Balaban J connectivity index is 2.02. The molecule has 26 heavy (non-hydrogen) atoms. The number of benzene rings is 1. The number of rotatable bonds is 3. The van der Waals surface area contributed by atoms with Gasteiger partial charge in [0.2, 0.25) is 5.91 Å². The number of fused-ring (bicyclic) bond motifs is 1. The van der Waals surface area contributed by atoms with E-state index in [-0.39, 0.29) is 5.91 Å². The van der Waals surface area contributed by atoms with Crippen LogP contribution in [0, 0.1) is 12.3 Å². The summed E-state index contributed by atoms with van der Waals surface area (Å²) in [5.74, 6) is 0.0650. The molecule has 5 nitrogen and oxygen atoms in total. The molecule has 0 unspecified atom stereocenters. The van der Waals surface area contributed by atoms with Crippen molar-refractivity contribution in [2.75, 3.05) is 11.9 Å². The highest BCUT2D eigenvalue weighted by molar-refractivity contribution is 6.16. The second-order valence-electron chi connectivity index (χ2n) is 7.32. The van der Waals surface area contributed by atoms with Crippen LogP contribution in [0.2, 0.25) is 0 Å². The molecule has 3 N–H and O–H groups in total. The van der Waals surface area contributed by atoms with Crippen molar-refractivity contribution >= 4 is 23.0 Å². The Labute approximate surface area is 154 Å². The Morgan fingerprint density at radius 1 is 1.19 bits per heavy atom. The lowest BCUT2D eigenvalue weighted by molar-refractivity contribution is -0.121. The summed E-state index contributed by atoms with van der Waals surface area (Å²) in [6.07, 6.45) is 1.71. The van der Waals surface area contributed by atoms with Crippen molar-refractivity contribution in [2.45, 2.75) is 33.1 Å². The molecule has 0 saturated heterocycles. The molecule has 0 saturated carbocycles. The zero-order chi connectivity index (χ0) is 19.2. The first-order valence-electron chi connectivity index (χ1n) is 8.56. The third-order valence-electron chi connectivity index (χ3n) is 5.15. The van der Waals surface area contributed by atoms with Crippen molar-refractivity contribution < 1.29 is 4.79 Å². The van der Waals surface area contributed by atoms with E-state index in [0.717, 1.165) is 28.1 Å². The van der Waals surface area contributed by atoms with Gasteiger partial charge in [0.1, 0.15) is 0 Å². The third kappa shape index (κ3) is 2.69. The number of nitrogens with two attached hydrogens (primary N) is 1. The molecule has 0 radical (unpaired) electrons. The summed E-state index contributed by atoms with van der Waals surface area (Å²) in [4.78, 5) is 18.3. The summed E-state index contributed by atoms with van der Waals surface area (Å²) >= 11 is 0. The molecule has 0 fully saturated rings. The van der Waals surface area contributed by atoms with Crippen molar-refractivity contribution in [3.63, 3.8) is 0 Å². The molecule has 5 heteroatoms. The average Bonchev–Trinajstić information content (AvgIpc) is 2.80. The summed E-state index contributed by atoms with van der Waals surface area (Å²) in [6, 6.07) is 9.49. The molecular weight excluding hydrogens is 324 g/mol. The van der Waals surface area contributed by atoms with E-state index < -0.39 is 5.41 Å². The van der Waals surface area contributed by atoms with Crippen LogP contribution in [0.25, 0.3) is 5.70 Å². The first-order valence-corrected chi connectivity index (χ1v) is 8.56. The van der Waals surface area contributed by atoms with Gasteiger partial charge in [-0.3, -0.25) is 15.2 Å². The van der Waals surface area contributed by atoms with Crippen LogP contribution in [0.5, 0.6) is 0 Å². The van der Waals surface area contributed by atoms with Crippen LogP contribution < -0.4 is 10.6 Å². The van der Waals surface area contributed by atoms with Gasteiger partial charge in [0.25, 0.3) is 0 Å². The highest BCUT2D eigenvalue weighted by Crippen LogP contribution is 2.41. The topological polar surface area (TPSA) is 83.1 Å². The number of nitrogens with one attached hydrogen (secondary N) is 1. The predicted molar refractivity (Wildman–Crippen MR) is 105 cm³/mol. The van der Waals surface area contributed by atoms with E-state index in [1.807, 2.05) is 58.0 Å². The second-order valence-corrected chi connectivity index (χ2v) is 7.32. The first-order chi connectivity index (χ1) is 12.1. The van der Waals surface area contributed by atoms with Gasteiger partial charge in [0, 0.05) is 41.4 Å². The number of aryl methyl sites for hydroxylation is 1. The molecule has 1 aliphatic heterocycles. The fourth-order valence-electron chi connectivity index (χ4n) is 3.42. The molecule has 1 aromatic carbocycles. The van der Waals surface area contributed by atoms with Gasteiger partial charge in [0.05, 0.1) is 11.1 Å². The lowest BCUT2D eigenvalue weighted by Crippen LogP contribution is -2.33. The minimum Gasteiger partial charge on any atom is -0.398 e. The van der Waals surface area contributed by atoms with E-state index >= 15 is 0 Å². The van der Waals surface area contributed by atoms with Gasteiger partial charge in [0.15, 0.2) is 0 Å². The molecule has 2 aromatic rings. The van der Waals surface area contributed by atoms with E-state index in [2.05, 4.69) is 4.98 Å². The second kappa shape index (κ2) is 6.09. The normalized spacial score (nSPS) is 16.3. The standard InChI is InChI=1S/C21H24N4O/c1-12-10-15(8-9-24-12)19(23)13(2)18(22)14-6-7-16-17(11-14)25(5)20(26)21(16,3)4/h6-11,22H,23H2,1-5H3. The SMILES string of the molecule is CC(C(=N)c1ccc2c(c1)N(C)C(=O)C2(C)C)=C(N)c1ccnc(C)c1. The van der Waals surface area contributed by atoms with E-state index in [1.165, 1.54) is 0 Å². The predicted octanol–water partition coefficient (Wildman–Crippen LogP) is 3.40. The zero-order valence-electron chi connectivity index (χ0n) is 15.8. The number of allylic oxidation sites excluding steroid dienone is 1. The number of aromatic nitrogens is 1. The Hall–Kier alpha value is -2.95. The molecule has 1 aromatic heterocycles. The van der Waals surface area contributed by atoms with E-state index in [9.17, 15) is 4.79 Å². The smallest absolute Gasteiger partial charge is 0.236 e. The molecule has 134 valence electrons. The zero-order valence-corrected chi connectivity index (χ0v) is 15.8. The molecule has 2 heterocycles. The summed E-state index contributed by atoms with van der Waals surface area (Å²) in [5, 5.41) is 8.59. The molecular formula is C21H24N4O. The molecule has 0 aliphatic carbocycles. The van der Waals surface area contributed by atoms with Crippen LogP contribution >= 0.6 is 0 Å². The Morgan fingerprint density at radius 3 is 2.54 bits per heavy atom.